The molecule has 0 aliphatic rings. The summed E-state index contributed by atoms with van der Waals surface area (Å²) in [5.74, 6) is 0.503. The molecular formula is C21H27NO5S. The van der Waals surface area contributed by atoms with Crippen molar-refractivity contribution in [2.45, 2.75) is 52.1 Å². The van der Waals surface area contributed by atoms with Gasteiger partial charge in [0.1, 0.15) is 11.5 Å². The molecule has 2 aromatic rings. The number of carbonyl (C=O) groups excluding carboxylic acids is 2. The minimum absolute atomic E-state index is 0.124. The number of thiazole rings is 1. The predicted octanol–water partition coefficient (Wildman–Crippen LogP) is 4.93. The van der Waals surface area contributed by atoms with Crippen LogP contribution < -0.4 is 9.47 Å². The number of benzene rings is 1. The fraction of sp³-hybridized carbons (Fsp3) is 0.476. The third-order valence-corrected chi connectivity index (χ3v) is 4.99. The molecule has 152 valence electrons. The van der Waals surface area contributed by atoms with Crippen molar-refractivity contribution in [2.24, 2.45) is 0 Å². The lowest BCUT2D eigenvalue weighted by Crippen LogP contribution is -2.24. The van der Waals surface area contributed by atoms with Crippen molar-refractivity contribution in [2.75, 3.05) is 13.7 Å². The second kappa shape index (κ2) is 11.4. The molecule has 1 atom stereocenters. The van der Waals surface area contributed by atoms with Crippen molar-refractivity contribution in [1.82, 2.24) is 4.98 Å². The highest BCUT2D eigenvalue weighted by Crippen LogP contribution is 2.21. The highest BCUT2D eigenvalue weighted by Gasteiger charge is 2.22. The molecule has 0 amide bonds. The molecule has 0 spiro atoms. The van der Waals surface area contributed by atoms with Crippen LogP contribution in [0.2, 0.25) is 0 Å². The van der Waals surface area contributed by atoms with E-state index in [1.54, 1.807) is 19.1 Å². The number of ether oxygens (including phenoxy) is 3. The summed E-state index contributed by atoms with van der Waals surface area (Å²) in [7, 11) is 1.27. The summed E-state index contributed by atoms with van der Waals surface area (Å²) in [5.41, 5.74) is 0.124. The lowest BCUT2D eigenvalue weighted by atomic mass is 10.2. The minimum Gasteiger partial charge on any atom is -0.494 e. The van der Waals surface area contributed by atoms with E-state index < -0.39 is 12.1 Å². The predicted molar refractivity (Wildman–Crippen MR) is 109 cm³/mol. The fourth-order valence-corrected chi connectivity index (χ4v) is 3.33. The van der Waals surface area contributed by atoms with Crippen molar-refractivity contribution in [1.29, 1.82) is 0 Å². The molecule has 0 saturated carbocycles. The first-order valence-electron chi connectivity index (χ1n) is 9.52. The van der Waals surface area contributed by atoms with Gasteiger partial charge in [-0.25, -0.2) is 9.78 Å². The summed E-state index contributed by atoms with van der Waals surface area (Å²) >= 11 is 1.10. The Balaban J connectivity index is 1.81. The van der Waals surface area contributed by atoms with Crippen LogP contribution in [0.1, 0.15) is 66.2 Å². The number of unbranched alkanes of at least 4 members (excludes halogenated alkanes) is 4. The molecule has 1 aromatic carbocycles. The van der Waals surface area contributed by atoms with E-state index in [1.165, 1.54) is 38.2 Å². The Morgan fingerprint density at radius 1 is 1.07 bits per heavy atom. The zero-order valence-corrected chi connectivity index (χ0v) is 17.4. The molecule has 2 rings (SSSR count). The summed E-state index contributed by atoms with van der Waals surface area (Å²) in [6.07, 6.45) is 5.26. The van der Waals surface area contributed by atoms with Crippen LogP contribution in [0.25, 0.3) is 0 Å². The van der Waals surface area contributed by atoms with E-state index in [2.05, 4.69) is 16.6 Å². The maximum absolute atomic E-state index is 12.4. The molecule has 1 heterocycles. The van der Waals surface area contributed by atoms with Crippen LogP contribution in [0.15, 0.2) is 29.6 Å². The van der Waals surface area contributed by atoms with Gasteiger partial charge in [0.05, 0.1) is 13.7 Å². The van der Waals surface area contributed by atoms with Crippen LogP contribution in [0.4, 0.5) is 0 Å². The van der Waals surface area contributed by atoms with Gasteiger partial charge >= 0.3 is 5.97 Å². The molecular weight excluding hydrogens is 378 g/mol. The van der Waals surface area contributed by atoms with Gasteiger partial charge in [-0.1, -0.05) is 32.6 Å². The minimum atomic E-state index is -0.720. The molecule has 0 radical (unpaired) electrons. The van der Waals surface area contributed by atoms with Crippen LogP contribution in [0, 0.1) is 0 Å². The molecule has 0 bridgehead atoms. The molecule has 6 nitrogen and oxygen atoms in total. The average molecular weight is 406 g/mol. The van der Waals surface area contributed by atoms with Crippen molar-refractivity contribution in [3.8, 4) is 11.5 Å². The van der Waals surface area contributed by atoms with Crippen molar-refractivity contribution >= 4 is 23.1 Å². The maximum Gasteiger partial charge on any atom is 0.357 e. The molecule has 1 unspecified atom stereocenters. The first kappa shape index (κ1) is 21.9. The number of nitrogens with zero attached hydrogens (tertiary/aromatic N) is 1. The van der Waals surface area contributed by atoms with Crippen LogP contribution in [-0.4, -0.2) is 36.6 Å². The van der Waals surface area contributed by atoms with Gasteiger partial charge in [0.2, 0.25) is 5.78 Å². The zero-order chi connectivity index (χ0) is 20.4. The Hall–Kier alpha value is -2.41. The van der Waals surface area contributed by atoms with E-state index >= 15 is 0 Å². The summed E-state index contributed by atoms with van der Waals surface area (Å²) in [6, 6.07) is 7.21. The monoisotopic (exact) mass is 405 g/mol. The molecule has 0 N–H and O–H groups in total. The average Bonchev–Trinajstić information content (AvgIpc) is 3.20. The standard InChI is InChI=1S/C21H27NO5S/c1-4-5-6-7-8-13-26-16-9-11-17(12-10-16)27-15(2)19(23)20-22-18(14-28-20)21(24)25-3/h9-12,14-15H,4-8,13H2,1-3H3. The number of hydrogen-bond acceptors (Lipinski definition) is 7. The number of aromatic nitrogens is 1. The van der Waals surface area contributed by atoms with Crippen LogP contribution in [-0.2, 0) is 4.74 Å². The van der Waals surface area contributed by atoms with Crippen LogP contribution in [0.5, 0.6) is 11.5 Å². The van der Waals surface area contributed by atoms with Gasteiger partial charge in [0.15, 0.2) is 16.8 Å². The molecule has 0 aliphatic heterocycles. The fourth-order valence-electron chi connectivity index (χ4n) is 2.53. The number of Topliss-reactive ketones (excluding diaryl/α,β-unsaturated/α-hetero) is 1. The largest absolute Gasteiger partial charge is 0.494 e. The smallest absolute Gasteiger partial charge is 0.357 e. The van der Waals surface area contributed by atoms with Gasteiger partial charge in [0, 0.05) is 5.38 Å². The first-order chi connectivity index (χ1) is 13.5. The van der Waals surface area contributed by atoms with E-state index in [4.69, 9.17) is 9.47 Å². The van der Waals surface area contributed by atoms with E-state index in [1.807, 2.05) is 12.1 Å². The van der Waals surface area contributed by atoms with Crippen molar-refractivity contribution < 1.29 is 23.8 Å². The summed E-state index contributed by atoms with van der Waals surface area (Å²) in [4.78, 5) is 27.9. The van der Waals surface area contributed by atoms with Gasteiger partial charge in [-0.05, 0) is 37.6 Å². The highest BCUT2D eigenvalue weighted by molar-refractivity contribution is 7.12. The summed E-state index contributed by atoms with van der Waals surface area (Å²) in [5, 5.41) is 1.72. The highest BCUT2D eigenvalue weighted by atomic mass is 32.1. The normalized spacial score (nSPS) is 11.7. The maximum atomic E-state index is 12.4. The van der Waals surface area contributed by atoms with E-state index in [0.29, 0.717) is 12.4 Å². The Morgan fingerprint density at radius 2 is 1.75 bits per heavy atom. The van der Waals surface area contributed by atoms with Crippen LogP contribution >= 0.6 is 11.3 Å². The van der Waals surface area contributed by atoms with Gasteiger partial charge in [-0.15, -0.1) is 11.3 Å². The third-order valence-electron chi connectivity index (χ3n) is 4.13. The topological polar surface area (TPSA) is 74.7 Å². The van der Waals surface area contributed by atoms with Crippen LogP contribution in [0.3, 0.4) is 0 Å². The van der Waals surface area contributed by atoms with Gasteiger partial charge in [0.25, 0.3) is 0 Å². The molecule has 0 fully saturated rings. The number of esters is 1. The Morgan fingerprint density at radius 3 is 2.43 bits per heavy atom. The summed E-state index contributed by atoms with van der Waals surface area (Å²) < 4.78 is 16.0. The zero-order valence-electron chi connectivity index (χ0n) is 16.6. The molecule has 0 saturated heterocycles. The number of methoxy groups -OCH3 is 1. The molecule has 0 aliphatic carbocycles. The lowest BCUT2D eigenvalue weighted by Gasteiger charge is -2.13. The van der Waals surface area contributed by atoms with Gasteiger partial charge in [-0.2, -0.15) is 0 Å². The van der Waals surface area contributed by atoms with Crippen molar-refractivity contribution in [3.05, 3.63) is 40.3 Å². The number of carbonyl (C=O) groups is 2. The van der Waals surface area contributed by atoms with E-state index in [0.717, 1.165) is 23.5 Å². The Labute approximate surface area is 169 Å². The number of hydrogen-bond donors (Lipinski definition) is 0. The second-order valence-corrected chi connectivity index (χ2v) is 7.25. The van der Waals surface area contributed by atoms with Gasteiger partial charge < -0.3 is 14.2 Å². The third kappa shape index (κ3) is 6.64. The molecule has 7 heteroatoms. The Bertz CT molecular complexity index is 756. The SMILES string of the molecule is CCCCCCCOc1ccc(OC(C)C(=O)c2nc(C(=O)OC)cs2)cc1. The Kier molecular flexibility index (Phi) is 8.94. The lowest BCUT2D eigenvalue weighted by molar-refractivity contribution is 0.0594. The van der Waals surface area contributed by atoms with E-state index in [9.17, 15) is 9.59 Å². The first-order valence-corrected chi connectivity index (χ1v) is 10.4. The second-order valence-electron chi connectivity index (χ2n) is 6.39. The molecule has 28 heavy (non-hydrogen) atoms. The molecule has 1 aromatic heterocycles. The quantitative estimate of drug-likeness (QED) is 0.283. The number of ketones is 1. The van der Waals surface area contributed by atoms with Crippen molar-refractivity contribution in [3.63, 3.8) is 0 Å². The van der Waals surface area contributed by atoms with Gasteiger partial charge in [-0.3, -0.25) is 4.79 Å². The van der Waals surface area contributed by atoms with E-state index in [-0.39, 0.29) is 16.5 Å². The number of rotatable bonds is 12. The summed E-state index contributed by atoms with van der Waals surface area (Å²) in [6.45, 7) is 4.55.